The van der Waals surface area contributed by atoms with Gasteiger partial charge in [-0.05, 0) is 132 Å². The van der Waals surface area contributed by atoms with Gasteiger partial charge < -0.3 is 9.64 Å². The number of hydrogen-bond acceptors (Lipinski definition) is 3. The Kier molecular flexibility index (Phi) is 4.59. The van der Waals surface area contributed by atoms with Gasteiger partial charge in [-0.15, -0.1) is 11.3 Å². The van der Waals surface area contributed by atoms with Crippen molar-refractivity contribution in [2.75, 3.05) is 4.90 Å². The highest BCUT2D eigenvalue weighted by Crippen LogP contribution is 2.47. The van der Waals surface area contributed by atoms with Gasteiger partial charge in [0.15, 0.2) is 0 Å². The number of rotatable bonds is 4. The highest BCUT2D eigenvalue weighted by molar-refractivity contribution is 7.33. The molecule has 2 aliphatic heterocycles. The van der Waals surface area contributed by atoms with E-state index in [1.54, 1.807) is 0 Å². The van der Waals surface area contributed by atoms with Crippen molar-refractivity contribution < 1.29 is 4.74 Å². The number of thiophene rings is 1. The Labute approximate surface area is 234 Å². The van der Waals surface area contributed by atoms with Crippen LogP contribution in [-0.2, 0) is 32.1 Å². The van der Waals surface area contributed by atoms with Crippen LogP contribution in [0.1, 0.15) is 53.1 Å². The van der Waals surface area contributed by atoms with E-state index in [0.717, 1.165) is 17.9 Å². The molecule has 190 valence electrons. The summed E-state index contributed by atoms with van der Waals surface area (Å²) >= 11 is 1.99. The topological polar surface area (TPSA) is 12.5 Å². The van der Waals surface area contributed by atoms with Crippen LogP contribution in [-0.4, -0.2) is 6.71 Å². The summed E-state index contributed by atoms with van der Waals surface area (Å²) in [6.07, 6.45) is 8.34. The molecule has 0 amide bonds. The summed E-state index contributed by atoms with van der Waals surface area (Å²) in [7, 11) is 0. The Morgan fingerprint density at radius 2 is 1.67 bits per heavy atom. The Morgan fingerprint density at radius 1 is 0.846 bits per heavy atom. The molecule has 2 nitrogen and oxygen atoms in total. The molecule has 0 atom stereocenters. The lowest BCUT2D eigenvalue weighted by molar-refractivity contribution is 0.485. The lowest BCUT2D eigenvalue weighted by Crippen LogP contribution is -2.58. The summed E-state index contributed by atoms with van der Waals surface area (Å²) < 4.78 is 9.59. The largest absolute Gasteiger partial charge is 0.458 e. The van der Waals surface area contributed by atoms with Crippen molar-refractivity contribution in [3.63, 3.8) is 0 Å². The van der Waals surface area contributed by atoms with Gasteiger partial charge in [-0.3, -0.25) is 0 Å². The standard InChI is InChI=1S/C35H30BNOS/c1-3-4-5-21-6-13-32-27(16-21)34-35(39-32)36-28-18-24-9-10-25(24)19-30(28)38-31-15-20(2)14-29(33(31)36)37(34)26-12-11-22-7-8-23(22)17-26/h6,11-19H,3-5,7-10H2,1-2H3. The van der Waals surface area contributed by atoms with Gasteiger partial charge in [-0.1, -0.05) is 31.5 Å². The first kappa shape index (κ1) is 22.3. The van der Waals surface area contributed by atoms with Crippen molar-refractivity contribution in [1.82, 2.24) is 0 Å². The molecule has 0 N–H and O–H groups in total. The van der Waals surface area contributed by atoms with Crippen molar-refractivity contribution >= 4 is 60.9 Å². The molecule has 0 saturated heterocycles. The molecule has 1 aromatic heterocycles. The first-order valence-electron chi connectivity index (χ1n) is 14.6. The van der Waals surface area contributed by atoms with E-state index in [0.29, 0.717) is 0 Å². The lowest BCUT2D eigenvalue weighted by Gasteiger charge is -2.40. The van der Waals surface area contributed by atoms with E-state index in [9.17, 15) is 0 Å². The van der Waals surface area contributed by atoms with Gasteiger partial charge in [0.1, 0.15) is 11.5 Å². The Bertz CT molecular complexity index is 1870. The molecule has 4 aromatic carbocycles. The van der Waals surface area contributed by atoms with E-state index in [1.807, 2.05) is 11.3 Å². The predicted octanol–water partition coefficient (Wildman–Crippen LogP) is 7.15. The second-order valence-corrected chi connectivity index (χ2v) is 13.0. The Morgan fingerprint density at radius 3 is 2.46 bits per heavy atom. The molecule has 0 fully saturated rings. The van der Waals surface area contributed by atoms with E-state index >= 15 is 0 Å². The summed E-state index contributed by atoms with van der Waals surface area (Å²) in [5.74, 6) is 2.09. The van der Waals surface area contributed by atoms with Gasteiger partial charge in [0.25, 0.3) is 6.71 Å². The number of hydrogen-bond donors (Lipinski definition) is 0. The molecule has 2 aliphatic carbocycles. The van der Waals surface area contributed by atoms with Gasteiger partial charge in [-0.2, -0.15) is 0 Å². The molecule has 9 rings (SSSR count). The van der Waals surface area contributed by atoms with Crippen molar-refractivity contribution in [2.24, 2.45) is 0 Å². The monoisotopic (exact) mass is 523 g/mol. The molecule has 0 bridgehead atoms. The molecule has 3 heterocycles. The lowest BCUT2D eigenvalue weighted by atomic mass is 9.36. The smallest absolute Gasteiger partial charge is 0.268 e. The van der Waals surface area contributed by atoms with Crippen LogP contribution in [0.5, 0.6) is 11.5 Å². The van der Waals surface area contributed by atoms with E-state index in [2.05, 4.69) is 79.4 Å². The third-order valence-corrected chi connectivity index (χ3v) is 10.7. The minimum Gasteiger partial charge on any atom is -0.458 e. The summed E-state index contributed by atoms with van der Waals surface area (Å²) in [6, 6.07) is 23.8. The van der Waals surface area contributed by atoms with Crippen molar-refractivity contribution in [3.05, 3.63) is 94.0 Å². The average Bonchev–Trinajstić information content (AvgIpc) is 3.28. The zero-order chi connectivity index (χ0) is 25.8. The third kappa shape index (κ3) is 3.10. The van der Waals surface area contributed by atoms with E-state index in [4.69, 9.17) is 4.74 Å². The normalized spacial score (nSPS) is 15.4. The van der Waals surface area contributed by atoms with Crippen LogP contribution < -0.4 is 25.3 Å². The van der Waals surface area contributed by atoms with E-state index in [1.165, 1.54) is 115 Å². The SMILES string of the molecule is CCCCc1ccc2sc3c(c2c1)N(c1ccc2c(c1)CC2)c1cc(C)cc2c1B3c1cc3c(cc1O2)CC3. The highest BCUT2D eigenvalue weighted by atomic mass is 32.1. The van der Waals surface area contributed by atoms with E-state index in [-0.39, 0.29) is 6.71 Å². The molecule has 4 aliphatic rings. The molecule has 0 spiro atoms. The van der Waals surface area contributed by atoms with Crippen LogP contribution >= 0.6 is 11.3 Å². The number of fused-ring (bicyclic) bond motifs is 8. The van der Waals surface area contributed by atoms with Crippen LogP contribution in [0.3, 0.4) is 0 Å². The number of aryl methyl sites for hydroxylation is 6. The minimum atomic E-state index is 0.208. The molecule has 5 aromatic rings. The van der Waals surface area contributed by atoms with E-state index < -0.39 is 0 Å². The maximum absolute atomic E-state index is 6.74. The van der Waals surface area contributed by atoms with Crippen LogP contribution in [0, 0.1) is 6.92 Å². The maximum Gasteiger partial charge on any atom is 0.268 e. The fourth-order valence-electron chi connectivity index (χ4n) is 7.23. The zero-order valence-corrected chi connectivity index (χ0v) is 23.4. The first-order chi connectivity index (χ1) is 19.2. The Balaban J connectivity index is 1.36. The number of ether oxygens (including phenoxy) is 1. The van der Waals surface area contributed by atoms with Gasteiger partial charge >= 0.3 is 0 Å². The number of nitrogens with zero attached hydrogens (tertiary/aromatic N) is 1. The van der Waals surface area contributed by atoms with Crippen LogP contribution in [0.15, 0.2) is 60.7 Å². The van der Waals surface area contributed by atoms with Gasteiger partial charge in [-0.25, -0.2) is 0 Å². The minimum absolute atomic E-state index is 0.208. The average molecular weight is 524 g/mol. The molecule has 4 heteroatoms. The summed E-state index contributed by atoms with van der Waals surface area (Å²) in [5, 5.41) is 1.40. The quantitative estimate of drug-likeness (QED) is 0.227. The summed E-state index contributed by atoms with van der Waals surface area (Å²) in [5.41, 5.74) is 15.3. The van der Waals surface area contributed by atoms with Crippen molar-refractivity contribution in [1.29, 1.82) is 0 Å². The van der Waals surface area contributed by atoms with Gasteiger partial charge in [0, 0.05) is 26.2 Å². The molecule has 0 radical (unpaired) electrons. The summed E-state index contributed by atoms with van der Waals surface area (Å²) in [4.78, 5) is 2.58. The molecular formula is C35H30BNOS. The molecule has 0 saturated carbocycles. The summed E-state index contributed by atoms with van der Waals surface area (Å²) in [6.45, 7) is 4.70. The fourth-order valence-corrected chi connectivity index (χ4v) is 8.53. The second-order valence-electron chi connectivity index (χ2n) is 11.9. The third-order valence-electron chi connectivity index (χ3n) is 9.49. The second kappa shape index (κ2) is 8.02. The Hall–Kier alpha value is -3.50. The fraction of sp³-hybridized carbons (Fsp3) is 0.257. The first-order valence-corrected chi connectivity index (χ1v) is 15.4. The van der Waals surface area contributed by atoms with Crippen LogP contribution in [0.4, 0.5) is 17.1 Å². The van der Waals surface area contributed by atoms with Crippen molar-refractivity contribution in [2.45, 2.75) is 58.8 Å². The zero-order valence-electron chi connectivity index (χ0n) is 22.6. The van der Waals surface area contributed by atoms with Crippen LogP contribution in [0.25, 0.3) is 10.1 Å². The predicted molar refractivity (Wildman–Crippen MR) is 166 cm³/mol. The molecular weight excluding hydrogens is 493 g/mol. The number of unbranched alkanes of at least 4 members (excludes halogenated alkanes) is 1. The molecule has 0 unspecified atom stereocenters. The number of anilines is 3. The number of benzene rings is 4. The van der Waals surface area contributed by atoms with Crippen molar-refractivity contribution in [3.8, 4) is 11.5 Å². The maximum atomic E-state index is 6.74. The van der Waals surface area contributed by atoms with Crippen LogP contribution in [0.2, 0.25) is 0 Å². The van der Waals surface area contributed by atoms with Gasteiger partial charge in [0.2, 0.25) is 0 Å². The highest BCUT2D eigenvalue weighted by Gasteiger charge is 2.44. The molecule has 39 heavy (non-hydrogen) atoms. The van der Waals surface area contributed by atoms with Gasteiger partial charge in [0.05, 0.1) is 5.69 Å².